The van der Waals surface area contributed by atoms with Gasteiger partial charge in [-0.15, -0.1) is 6.58 Å². The maximum Gasteiger partial charge on any atom is 0.332 e. The van der Waals surface area contributed by atoms with Crippen LogP contribution in [0.5, 0.6) is 5.75 Å². The van der Waals surface area contributed by atoms with E-state index >= 15 is 0 Å². The van der Waals surface area contributed by atoms with E-state index in [9.17, 15) is 14.4 Å². The molecule has 0 saturated carbocycles. The number of para-hydroxylation sites is 1. The lowest BCUT2D eigenvalue weighted by molar-refractivity contribution is -0.157. The van der Waals surface area contributed by atoms with E-state index in [1.54, 1.807) is 51.2 Å². The number of hydrogen-bond acceptors (Lipinski definition) is 9. The Hall–Kier alpha value is -4.40. The van der Waals surface area contributed by atoms with Crippen LogP contribution in [0, 0.1) is 0 Å². The number of nitrogen functional groups attached to an aromatic ring is 1. The Bertz CT molecular complexity index is 1870. The Labute approximate surface area is 297 Å². The molecule has 4 amide bonds. The highest BCUT2D eigenvalue weighted by atomic mass is 35.5. The normalized spacial score (nSPS) is 17.8. The van der Waals surface area contributed by atoms with Crippen LogP contribution in [0.4, 0.5) is 9.93 Å². The van der Waals surface area contributed by atoms with Crippen molar-refractivity contribution in [1.29, 1.82) is 0 Å². The third-order valence-corrected chi connectivity index (χ3v) is 10.0. The molecule has 0 spiro atoms. The summed E-state index contributed by atoms with van der Waals surface area (Å²) in [5.41, 5.74) is 9.15. The highest BCUT2D eigenvalue weighted by molar-refractivity contribution is 7.22. The molecule has 2 aliphatic rings. The molecule has 0 unspecified atom stereocenters. The second-order valence-electron chi connectivity index (χ2n) is 11.6. The second-order valence-corrected chi connectivity index (χ2v) is 13.5. The first-order chi connectivity index (χ1) is 23.7. The number of nitrogens with two attached hydrogens (primary N) is 1. The number of amides is 4. The van der Waals surface area contributed by atoms with E-state index in [0.29, 0.717) is 20.9 Å². The third-order valence-electron chi connectivity index (χ3n) is 8.43. The molecule has 256 valence electrons. The van der Waals surface area contributed by atoms with Crippen molar-refractivity contribution in [3.8, 4) is 5.75 Å². The van der Waals surface area contributed by atoms with Crippen molar-refractivity contribution in [1.82, 2.24) is 30.1 Å². The molecule has 12 nitrogen and oxygen atoms in total. The number of anilines is 1. The van der Waals surface area contributed by atoms with E-state index in [2.05, 4.69) is 16.9 Å². The zero-order valence-corrected chi connectivity index (χ0v) is 28.8. The van der Waals surface area contributed by atoms with Gasteiger partial charge in [-0.25, -0.2) is 9.78 Å². The summed E-state index contributed by atoms with van der Waals surface area (Å²) in [4.78, 5) is 49.6. The lowest BCUT2D eigenvalue weighted by Crippen LogP contribution is -2.66. The number of ether oxygens (including phenoxy) is 1. The van der Waals surface area contributed by atoms with E-state index in [4.69, 9.17) is 38.8 Å². The zero-order valence-electron chi connectivity index (χ0n) is 26.4. The van der Waals surface area contributed by atoms with Gasteiger partial charge >= 0.3 is 6.03 Å². The number of piperazine rings is 1. The van der Waals surface area contributed by atoms with Gasteiger partial charge in [0.2, 0.25) is 11.8 Å². The number of carbonyl (C=O) groups is 3. The molecule has 6 rings (SSSR count). The minimum absolute atomic E-state index is 0.109. The number of rotatable bonds is 12. The molecule has 3 aromatic carbocycles. The Morgan fingerprint density at radius 1 is 1.14 bits per heavy atom. The van der Waals surface area contributed by atoms with Crippen LogP contribution < -0.4 is 15.8 Å². The molecular formula is C34H35Cl2N7O5S. The Morgan fingerprint density at radius 3 is 2.65 bits per heavy atom. The average Bonchev–Trinajstić information content (AvgIpc) is 3.64. The van der Waals surface area contributed by atoms with Crippen LogP contribution >= 0.6 is 34.5 Å². The summed E-state index contributed by atoms with van der Waals surface area (Å²) in [5.74, 6) is 0.0940. The third kappa shape index (κ3) is 7.46. The van der Waals surface area contributed by atoms with Gasteiger partial charge in [0.15, 0.2) is 5.13 Å². The summed E-state index contributed by atoms with van der Waals surface area (Å²) in [6.45, 7) is 4.47. The summed E-state index contributed by atoms with van der Waals surface area (Å²) in [6, 6.07) is 16.8. The van der Waals surface area contributed by atoms with E-state index in [-0.39, 0.29) is 64.2 Å². The first-order valence-corrected chi connectivity index (χ1v) is 17.2. The largest absolute Gasteiger partial charge is 0.491 e. The minimum atomic E-state index is -0.843. The molecule has 1 aromatic heterocycles. The molecule has 4 aromatic rings. The number of aromatic nitrogens is 1. The number of hydrazine groups is 1. The van der Waals surface area contributed by atoms with Crippen molar-refractivity contribution in [2.24, 2.45) is 0 Å². The van der Waals surface area contributed by atoms with Crippen LogP contribution in [-0.4, -0.2) is 92.8 Å². The van der Waals surface area contributed by atoms with Gasteiger partial charge in [-0.3, -0.25) is 14.6 Å². The Morgan fingerprint density at radius 2 is 1.92 bits per heavy atom. The van der Waals surface area contributed by atoms with Gasteiger partial charge in [-0.2, -0.15) is 5.01 Å². The lowest BCUT2D eigenvalue weighted by atomic mass is 9.99. The molecule has 0 bridgehead atoms. The van der Waals surface area contributed by atoms with Crippen molar-refractivity contribution in [2.45, 2.75) is 31.7 Å². The number of halogens is 2. The van der Waals surface area contributed by atoms with Gasteiger partial charge in [-0.1, -0.05) is 70.9 Å². The van der Waals surface area contributed by atoms with Crippen LogP contribution in [0.2, 0.25) is 10.0 Å². The van der Waals surface area contributed by atoms with Crippen molar-refractivity contribution < 1.29 is 24.2 Å². The fraction of sp³-hybridized carbons (Fsp3) is 0.294. The van der Waals surface area contributed by atoms with Crippen LogP contribution in [0.1, 0.15) is 16.7 Å². The summed E-state index contributed by atoms with van der Waals surface area (Å²) >= 11 is 13.6. The molecule has 3 heterocycles. The van der Waals surface area contributed by atoms with Crippen LogP contribution in [-0.2, 0) is 29.1 Å². The first-order valence-electron chi connectivity index (χ1n) is 15.6. The highest BCUT2D eigenvalue weighted by Gasteiger charge is 2.52. The van der Waals surface area contributed by atoms with Gasteiger partial charge in [0.25, 0.3) is 0 Å². The monoisotopic (exact) mass is 723 g/mol. The number of benzene rings is 3. The number of thiazole rings is 1. The van der Waals surface area contributed by atoms with Gasteiger partial charge in [0.05, 0.1) is 46.5 Å². The van der Waals surface area contributed by atoms with Crippen molar-refractivity contribution in [3.05, 3.63) is 100 Å². The number of nitrogens with one attached hydrogen (secondary N) is 1. The molecule has 49 heavy (non-hydrogen) atoms. The molecule has 4 N–H and O–H groups in total. The molecule has 0 aliphatic carbocycles. The summed E-state index contributed by atoms with van der Waals surface area (Å²) < 4.78 is 6.41. The van der Waals surface area contributed by atoms with Crippen LogP contribution in [0.3, 0.4) is 0 Å². The fourth-order valence-corrected chi connectivity index (χ4v) is 7.30. The fourth-order valence-electron chi connectivity index (χ4n) is 6.20. The van der Waals surface area contributed by atoms with Crippen molar-refractivity contribution >= 4 is 67.7 Å². The zero-order chi connectivity index (χ0) is 34.7. The number of hydrogen-bond donors (Lipinski definition) is 3. The van der Waals surface area contributed by atoms with Gasteiger partial charge in [-0.05, 0) is 47.0 Å². The summed E-state index contributed by atoms with van der Waals surface area (Å²) in [5, 5.41) is 16.4. The molecule has 2 fully saturated rings. The number of nitrogens with zero attached hydrogens (tertiary/aromatic N) is 5. The molecule has 0 radical (unpaired) electrons. The Kier molecular flexibility index (Phi) is 10.6. The standard InChI is InChI=1S/C34H35Cl2N7O5S/c1-2-12-41(34(47)38-17-22-8-11-25(35)26(36)15-22)42-20-30(45)43-27(16-21-6-9-24(10-7-21)48-14-13-44)32(46)40(19-29(42)43)18-23-4-3-5-28-31(23)39-33(37)49-28/h2-11,15,27,29,44H,1,12-14,16-20H2,(H2,37,39)(H,38,47)/t27-,29+/m0/s1. The number of aliphatic hydroxyl groups excluding tert-OH is 1. The van der Waals surface area contributed by atoms with E-state index in [0.717, 1.165) is 26.9 Å². The maximum absolute atomic E-state index is 14.3. The molecule has 2 saturated heterocycles. The highest BCUT2D eigenvalue weighted by Crippen LogP contribution is 2.33. The van der Waals surface area contributed by atoms with E-state index in [1.165, 1.54) is 16.3 Å². The van der Waals surface area contributed by atoms with E-state index in [1.807, 2.05) is 30.3 Å². The van der Waals surface area contributed by atoms with Crippen LogP contribution in [0.15, 0.2) is 73.3 Å². The van der Waals surface area contributed by atoms with Gasteiger partial charge < -0.3 is 30.7 Å². The minimum Gasteiger partial charge on any atom is -0.491 e. The van der Waals surface area contributed by atoms with Crippen molar-refractivity contribution in [2.75, 3.05) is 38.6 Å². The van der Waals surface area contributed by atoms with E-state index < -0.39 is 18.2 Å². The predicted molar refractivity (Wildman–Crippen MR) is 189 cm³/mol. The Balaban J connectivity index is 1.29. The summed E-state index contributed by atoms with van der Waals surface area (Å²) in [6.07, 6.45) is 1.19. The second kappa shape index (κ2) is 15.0. The predicted octanol–water partition coefficient (Wildman–Crippen LogP) is 4.29. The smallest absolute Gasteiger partial charge is 0.332 e. The molecule has 15 heteroatoms. The number of carbonyl (C=O) groups excluding carboxylic acids is 3. The lowest BCUT2D eigenvalue weighted by Gasteiger charge is -2.46. The number of fused-ring (bicyclic) bond motifs is 2. The quantitative estimate of drug-likeness (QED) is 0.184. The summed E-state index contributed by atoms with van der Waals surface area (Å²) in [7, 11) is 0. The van der Waals surface area contributed by atoms with Crippen molar-refractivity contribution in [3.63, 3.8) is 0 Å². The van der Waals surface area contributed by atoms with Gasteiger partial charge in [0, 0.05) is 19.5 Å². The van der Waals surface area contributed by atoms with Gasteiger partial charge in [0.1, 0.15) is 24.6 Å². The SMILES string of the molecule is C=CCN(C(=O)NCc1ccc(Cl)c(Cl)c1)N1CC(=O)N2[C@@H](Cc3ccc(OCCO)cc3)C(=O)N(Cc3cccc4sc(N)nc34)C[C@@H]21. The molecular weight excluding hydrogens is 689 g/mol. The number of urea groups is 1. The molecule has 2 aliphatic heterocycles. The first kappa shape index (κ1) is 34.5. The topological polar surface area (TPSA) is 145 Å². The average molecular weight is 725 g/mol. The maximum atomic E-state index is 14.3. The molecule has 2 atom stereocenters. The number of aliphatic hydroxyl groups is 1. The van der Waals surface area contributed by atoms with Crippen LogP contribution in [0.25, 0.3) is 10.2 Å².